The van der Waals surface area contributed by atoms with Gasteiger partial charge in [-0.25, -0.2) is 0 Å². The fourth-order valence-electron chi connectivity index (χ4n) is 2.71. The van der Waals surface area contributed by atoms with E-state index in [9.17, 15) is 15.0 Å². The molecule has 0 aromatic carbocycles. The lowest BCUT2D eigenvalue weighted by Gasteiger charge is -2.48. The molecule has 2 rings (SSSR count). The maximum atomic E-state index is 11.2. The van der Waals surface area contributed by atoms with Gasteiger partial charge in [-0.15, -0.1) is 0 Å². The van der Waals surface area contributed by atoms with Crippen molar-refractivity contribution in [1.29, 1.82) is 0 Å². The highest BCUT2D eigenvalue weighted by atomic mass is 32.2. The number of rotatable bonds is 2. The summed E-state index contributed by atoms with van der Waals surface area (Å²) >= 11 is 1.91. The van der Waals surface area contributed by atoms with Crippen LogP contribution in [-0.4, -0.2) is 33.8 Å². The van der Waals surface area contributed by atoms with Crippen LogP contribution in [0.3, 0.4) is 0 Å². The summed E-state index contributed by atoms with van der Waals surface area (Å²) in [6.07, 6.45) is 2.57. The van der Waals surface area contributed by atoms with Crippen LogP contribution < -0.4 is 0 Å². The predicted molar refractivity (Wildman–Crippen MR) is 55.4 cm³/mol. The Morgan fingerprint density at radius 1 is 1.29 bits per heavy atom. The van der Waals surface area contributed by atoms with Crippen LogP contribution in [0.15, 0.2) is 0 Å². The number of aliphatic carboxylic acids is 1. The number of aliphatic hydroxyl groups excluding tert-OH is 1. The lowest BCUT2D eigenvalue weighted by molar-refractivity contribution is -0.171. The first-order valence-corrected chi connectivity index (χ1v) is 6.30. The largest absolute Gasteiger partial charge is 0.481 e. The van der Waals surface area contributed by atoms with E-state index >= 15 is 0 Å². The Balaban J connectivity index is 2.07. The van der Waals surface area contributed by atoms with Gasteiger partial charge in [-0.1, -0.05) is 0 Å². The summed E-state index contributed by atoms with van der Waals surface area (Å²) in [5, 5.41) is 18.5. The molecule has 2 N–H and O–H groups in total. The summed E-state index contributed by atoms with van der Waals surface area (Å²) in [6, 6.07) is 0. The minimum Gasteiger partial charge on any atom is -0.481 e. The summed E-state index contributed by atoms with van der Waals surface area (Å²) < 4.78 is 0. The highest BCUT2D eigenvalue weighted by Gasteiger charge is 2.54. The number of hydrogen-bond donors (Lipinski definition) is 2. The average Bonchev–Trinajstić information content (AvgIpc) is 2.13. The van der Waals surface area contributed by atoms with E-state index in [1.165, 1.54) is 0 Å². The Hall–Kier alpha value is -0.220. The van der Waals surface area contributed by atoms with Crippen LogP contribution in [0.1, 0.15) is 25.7 Å². The highest BCUT2D eigenvalue weighted by Crippen LogP contribution is 2.51. The van der Waals surface area contributed by atoms with Gasteiger partial charge in [0.2, 0.25) is 0 Å². The Bertz CT molecular complexity index is 230. The molecule has 14 heavy (non-hydrogen) atoms. The molecule has 0 atom stereocenters. The van der Waals surface area contributed by atoms with Crippen molar-refractivity contribution >= 4 is 17.7 Å². The molecule has 1 aliphatic carbocycles. The smallest absolute Gasteiger partial charge is 0.310 e. The van der Waals surface area contributed by atoms with Crippen molar-refractivity contribution in [3.63, 3.8) is 0 Å². The molecule has 2 aliphatic rings. The van der Waals surface area contributed by atoms with Crippen LogP contribution in [0, 0.1) is 11.3 Å². The molecule has 0 spiro atoms. The fraction of sp³-hybridized carbons (Fsp3) is 0.900. The van der Waals surface area contributed by atoms with Crippen LogP contribution >= 0.6 is 11.8 Å². The van der Waals surface area contributed by atoms with E-state index in [4.69, 9.17) is 0 Å². The highest BCUT2D eigenvalue weighted by molar-refractivity contribution is 7.99. The number of carboxylic acid groups (broad SMARTS) is 1. The van der Waals surface area contributed by atoms with Crippen molar-refractivity contribution in [2.24, 2.45) is 11.3 Å². The lowest BCUT2D eigenvalue weighted by atomic mass is 9.58. The van der Waals surface area contributed by atoms with Gasteiger partial charge >= 0.3 is 5.97 Å². The van der Waals surface area contributed by atoms with Gasteiger partial charge in [0.25, 0.3) is 0 Å². The Morgan fingerprint density at radius 3 is 2.29 bits per heavy atom. The molecule has 0 aromatic heterocycles. The first kappa shape index (κ1) is 10.3. The number of carbonyl (C=O) groups is 1. The van der Waals surface area contributed by atoms with Crippen LogP contribution in [0.5, 0.6) is 0 Å². The van der Waals surface area contributed by atoms with Gasteiger partial charge in [0, 0.05) is 0 Å². The number of thioether (sulfide) groups is 1. The molecule has 1 aliphatic heterocycles. The van der Waals surface area contributed by atoms with Crippen molar-refractivity contribution in [3.05, 3.63) is 0 Å². The standard InChI is InChI=1S/C10H16O3S/c11-8-5-10(6-8,9(12)13)7-1-3-14-4-2-7/h7-8,11H,1-6H2,(H,12,13). The van der Waals surface area contributed by atoms with E-state index in [0.717, 1.165) is 24.3 Å². The van der Waals surface area contributed by atoms with Crippen molar-refractivity contribution in [2.45, 2.75) is 31.8 Å². The zero-order valence-corrected chi connectivity index (χ0v) is 8.92. The zero-order valence-electron chi connectivity index (χ0n) is 8.11. The third kappa shape index (κ3) is 1.54. The lowest BCUT2D eigenvalue weighted by Crippen LogP contribution is -2.52. The maximum absolute atomic E-state index is 11.2. The minimum absolute atomic E-state index is 0.296. The van der Waals surface area contributed by atoms with Gasteiger partial charge in [-0.3, -0.25) is 4.79 Å². The third-order valence-corrected chi connectivity index (χ3v) is 4.68. The number of carboxylic acids is 1. The van der Waals surface area contributed by atoms with Gasteiger partial charge in [-0.05, 0) is 43.1 Å². The van der Waals surface area contributed by atoms with Crippen molar-refractivity contribution in [3.8, 4) is 0 Å². The van der Waals surface area contributed by atoms with E-state index < -0.39 is 11.4 Å². The van der Waals surface area contributed by atoms with E-state index in [1.54, 1.807) is 0 Å². The third-order valence-electron chi connectivity index (χ3n) is 3.63. The van der Waals surface area contributed by atoms with Crippen LogP contribution in [0.4, 0.5) is 0 Å². The minimum atomic E-state index is -0.695. The molecular formula is C10H16O3S. The Kier molecular flexibility index (Phi) is 2.75. The van der Waals surface area contributed by atoms with E-state index in [1.807, 2.05) is 11.8 Å². The molecule has 0 radical (unpaired) electrons. The summed E-state index contributed by atoms with van der Waals surface area (Å²) in [5.74, 6) is 1.76. The second kappa shape index (κ2) is 3.74. The topological polar surface area (TPSA) is 57.5 Å². The van der Waals surface area contributed by atoms with Crippen molar-refractivity contribution in [1.82, 2.24) is 0 Å². The molecule has 1 saturated heterocycles. The first-order chi connectivity index (χ1) is 6.65. The average molecular weight is 216 g/mol. The quantitative estimate of drug-likeness (QED) is 0.731. The fourth-order valence-corrected chi connectivity index (χ4v) is 3.82. The Morgan fingerprint density at radius 2 is 1.86 bits per heavy atom. The van der Waals surface area contributed by atoms with E-state index in [0.29, 0.717) is 18.8 Å². The van der Waals surface area contributed by atoms with E-state index in [2.05, 4.69) is 0 Å². The Labute approximate surface area is 87.9 Å². The van der Waals surface area contributed by atoms with Crippen molar-refractivity contribution < 1.29 is 15.0 Å². The molecule has 1 heterocycles. The van der Waals surface area contributed by atoms with E-state index in [-0.39, 0.29) is 6.10 Å². The van der Waals surface area contributed by atoms with Gasteiger partial charge < -0.3 is 10.2 Å². The molecule has 2 fully saturated rings. The molecular weight excluding hydrogens is 200 g/mol. The number of aliphatic hydroxyl groups is 1. The SMILES string of the molecule is O=C(O)C1(C2CCSCC2)CC(O)C1. The van der Waals surface area contributed by atoms with Crippen LogP contribution in [0.2, 0.25) is 0 Å². The molecule has 0 bridgehead atoms. The van der Waals surface area contributed by atoms with Gasteiger partial charge in [0.05, 0.1) is 11.5 Å². The summed E-state index contributed by atoms with van der Waals surface area (Å²) in [6.45, 7) is 0. The molecule has 0 unspecified atom stereocenters. The number of hydrogen-bond acceptors (Lipinski definition) is 3. The van der Waals surface area contributed by atoms with Gasteiger partial charge in [0.15, 0.2) is 0 Å². The molecule has 3 nitrogen and oxygen atoms in total. The molecule has 0 aromatic rings. The summed E-state index contributed by atoms with van der Waals surface area (Å²) in [7, 11) is 0. The first-order valence-electron chi connectivity index (χ1n) is 5.14. The second-order valence-electron chi connectivity index (χ2n) is 4.41. The normalized spacial score (nSPS) is 39.1. The molecule has 0 amide bonds. The predicted octanol–water partition coefficient (Wildman–Crippen LogP) is 1.36. The zero-order chi connectivity index (χ0) is 10.2. The molecule has 80 valence electrons. The second-order valence-corrected chi connectivity index (χ2v) is 5.63. The van der Waals surface area contributed by atoms with Crippen LogP contribution in [0.25, 0.3) is 0 Å². The molecule has 4 heteroatoms. The maximum Gasteiger partial charge on any atom is 0.310 e. The summed E-state index contributed by atoms with van der Waals surface area (Å²) in [5.41, 5.74) is -0.583. The molecule has 1 saturated carbocycles. The monoisotopic (exact) mass is 216 g/mol. The van der Waals surface area contributed by atoms with Gasteiger partial charge in [-0.2, -0.15) is 11.8 Å². The van der Waals surface area contributed by atoms with Gasteiger partial charge in [0.1, 0.15) is 0 Å². The van der Waals surface area contributed by atoms with Crippen molar-refractivity contribution in [2.75, 3.05) is 11.5 Å². The summed E-state index contributed by atoms with van der Waals surface area (Å²) in [4.78, 5) is 11.2. The van der Waals surface area contributed by atoms with Crippen LogP contribution in [-0.2, 0) is 4.79 Å².